The fraction of sp³-hybridized carbons (Fsp3) is 0.308. The van der Waals surface area contributed by atoms with E-state index in [-0.39, 0.29) is 17.4 Å². The molecule has 0 bridgehead atoms. The lowest BCUT2D eigenvalue weighted by atomic mass is 10.1. The monoisotopic (exact) mass is 398 g/mol. The summed E-state index contributed by atoms with van der Waals surface area (Å²) in [7, 11) is 0. The summed E-state index contributed by atoms with van der Waals surface area (Å²) in [4.78, 5) is 11.8. The highest BCUT2D eigenvalue weighted by atomic mass is 127. The molecule has 2 rings (SSSR count). The fourth-order valence-corrected chi connectivity index (χ4v) is 2.67. The minimum absolute atomic E-state index is 0.0829. The molecule has 3 nitrogen and oxygen atoms in total. The molecular formula is C13H10F3IO3. The van der Waals surface area contributed by atoms with E-state index in [1.807, 2.05) is 22.6 Å². The second-order valence-corrected chi connectivity index (χ2v) is 5.29. The molecule has 1 aromatic carbocycles. The van der Waals surface area contributed by atoms with Gasteiger partial charge in [-0.25, -0.2) is 4.79 Å². The van der Waals surface area contributed by atoms with E-state index in [0.29, 0.717) is 22.2 Å². The second-order valence-electron chi connectivity index (χ2n) is 4.21. The lowest BCUT2D eigenvalue weighted by Gasteiger charge is -2.10. The van der Waals surface area contributed by atoms with Crippen molar-refractivity contribution in [1.29, 1.82) is 0 Å². The Hall–Kier alpha value is -1.09. The number of aryl methyl sites for hydroxylation is 1. The van der Waals surface area contributed by atoms with Gasteiger partial charge in [0, 0.05) is 18.4 Å². The van der Waals surface area contributed by atoms with Crippen molar-refractivity contribution in [3.8, 4) is 0 Å². The number of benzene rings is 1. The van der Waals surface area contributed by atoms with Gasteiger partial charge in [0.15, 0.2) is 0 Å². The topological polar surface area (TPSA) is 50.4 Å². The average molecular weight is 398 g/mol. The third-order valence-electron chi connectivity index (χ3n) is 2.83. The molecule has 0 amide bonds. The summed E-state index contributed by atoms with van der Waals surface area (Å²) in [5.74, 6) is 0.302. The fourth-order valence-electron chi connectivity index (χ4n) is 1.84. The minimum atomic E-state index is -4.46. The summed E-state index contributed by atoms with van der Waals surface area (Å²) < 4.78 is 43.7. The number of aliphatic hydroxyl groups is 1. The summed E-state index contributed by atoms with van der Waals surface area (Å²) in [6.07, 6.45) is -3.78. The lowest BCUT2D eigenvalue weighted by molar-refractivity contribution is -0.137. The van der Waals surface area contributed by atoms with Crippen molar-refractivity contribution < 1.29 is 22.7 Å². The van der Waals surface area contributed by atoms with Crippen LogP contribution in [0, 0.1) is 3.57 Å². The SMILES string of the molecule is O=c1oc(CCCO)c(I)c2cc(C(F)(F)F)ccc12. The molecule has 0 aliphatic rings. The van der Waals surface area contributed by atoms with Crippen molar-refractivity contribution in [3.05, 3.63) is 43.5 Å². The Morgan fingerprint density at radius 2 is 1.95 bits per heavy atom. The van der Waals surface area contributed by atoms with Crippen LogP contribution < -0.4 is 5.63 Å². The predicted octanol–water partition coefficient (Wildman–Crippen LogP) is 3.34. The summed E-state index contributed by atoms with van der Waals surface area (Å²) in [6, 6.07) is 2.95. The number of aliphatic hydroxyl groups excluding tert-OH is 1. The molecule has 0 spiro atoms. The van der Waals surface area contributed by atoms with E-state index >= 15 is 0 Å². The lowest BCUT2D eigenvalue weighted by Crippen LogP contribution is -2.09. The summed E-state index contributed by atoms with van der Waals surface area (Å²) in [6.45, 7) is -0.0829. The van der Waals surface area contributed by atoms with E-state index in [1.165, 1.54) is 0 Å². The highest BCUT2D eigenvalue weighted by Crippen LogP contribution is 2.32. The maximum atomic E-state index is 12.7. The Labute approximate surface area is 125 Å². The highest BCUT2D eigenvalue weighted by Gasteiger charge is 2.31. The first-order chi connectivity index (χ1) is 9.34. The second kappa shape index (κ2) is 5.72. The van der Waals surface area contributed by atoms with Crippen LogP contribution >= 0.6 is 22.6 Å². The van der Waals surface area contributed by atoms with E-state index in [0.717, 1.165) is 18.2 Å². The van der Waals surface area contributed by atoms with E-state index in [2.05, 4.69) is 0 Å². The van der Waals surface area contributed by atoms with Crippen molar-refractivity contribution in [2.45, 2.75) is 19.0 Å². The van der Waals surface area contributed by atoms with Crippen LogP contribution in [-0.4, -0.2) is 11.7 Å². The number of fused-ring (bicyclic) bond motifs is 1. The van der Waals surface area contributed by atoms with Crippen LogP contribution in [-0.2, 0) is 12.6 Å². The summed E-state index contributed by atoms with van der Waals surface area (Å²) in [5.41, 5.74) is -1.47. The zero-order valence-electron chi connectivity index (χ0n) is 10.1. The van der Waals surface area contributed by atoms with E-state index in [4.69, 9.17) is 9.52 Å². The number of halogens is 4. The zero-order valence-corrected chi connectivity index (χ0v) is 12.3. The minimum Gasteiger partial charge on any atom is -0.426 e. The Balaban J connectivity index is 2.66. The molecule has 7 heteroatoms. The van der Waals surface area contributed by atoms with Crippen molar-refractivity contribution in [2.75, 3.05) is 6.61 Å². The van der Waals surface area contributed by atoms with Gasteiger partial charge in [-0.3, -0.25) is 0 Å². The third-order valence-corrected chi connectivity index (χ3v) is 4.01. The van der Waals surface area contributed by atoms with Gasteiger partial charge in [-0.15, -0.1) is 0 Å². The molecule has 1 aromatic heterocycles. The van der Waals surface area contributed by atoms with E-state index < -0.39 is 17.4 Å². The Kier molecular flexibility index (Phi) is 4.38. The standard InChI is InChI=1S/C13H10F3IO3/c14-13(15,16)7-3-4-8-9(6-7)11(17)10(2-1-5-18)20-12(8)19/h3-4,6,18H,1-2,5H2. The molecule has 2 aromatic rings. The average Bonchev–Trinajstić information content (AvgIpc) is 2.39. The number of alkyl halides is 3. The van der Waals surface area contributed by atoms with Crippen LogP contribution in [0.2, 0.25) is 0 Å². The van der Waals surface area contributed by atoms with E-state index in [9.17, 15) is 18.0 Å². The quantitative estimate of drug-likeness (QED) is 0.808. The molecule has 108 valence electrons. The van der Waals surface area contributed by atoms with Gasteiger partial charge in [0.25, 0.3) is 0 Å². The van der Waals surface area contributed by atoms with Gasteiger partial charge in [-0.05, 0) is 47.2 Å². The molecule has 0 fully saturated rings. The van der Waals surface area contributed by atoms with Crippen LogP contribution in [0.15, 0.2) is 27.4 Å². The van der Waals surface area contributed by atoms with Crippen LogP contribution in [0.25, 0.3) is 10.8 Å². The van der Waals surface area contributed by atoms with Gasteiger partial charge < -0.3 is 9.52 Å². The van der Waals surface area contributed by atoms with Crippen LogP contribution in [0.1, 0.15) is 17.7 Å². The third kappa shape index (κ3) is 2.98. The number of hydrogen-bond donors (Lipinski definition) is 1. The molecule has 0 aliphatic heterocycles. The zero-order chi connectivity index (χ0) is 14.9. The number of rotatable bonds is 3. The molecule has 1 N–H and O–H groups in total. The smallest absolute Gasteiger partial charge is 0.416 e. The molecule has 20 heavy (non-hydrogen) atoms. The van der Waals surface area contributed by atoms with Crippen molar-refractivity contribution in [1.82, 2.24) is 0 Å². The Bertz CT molecular complexity index is 692. The number of hydrogen-bond acceptors (Lipinski definition) is 3. The largest absolute Gasteiger partial charge is 0.426 e. The molecular weight excluding hydrogens is 388 g/mol. The first-order valence-electron chi connectivity index (χ1n) is 5.78. The van der Waals surface area contributed by atoms with Gasteiger partial charge in [-0.2, -0.15) is 13.2 Å². The van der Waals surface area contributed by atoms with Crippen LogP contribution in [0.5, 0.6) is 0 Å². The Morgan fingerprint density at radius 1 is 1.25 bits per heavy atom. The van der Waals surface area contributed by atoms with E-state index in [1.54, 1.807) is 0 Å². The molecule has 0 atom stereocenters. The first-order valence-corrected chi connectivity index (χ1v) is 6.85. The van der Waals surface area contributed by atoms with Crippen LogP contribution in [0.3, 0.4) is 0 Å². The van der Waals surface area contributed by atoms with Crippen molar-refractivity contribution in [2.24, 2.45) is 0 Å². The predicted molar refractivity (Wildman–Crippen MR) is 75.6 cm³/mol. The first kappa shape index (κ1) is 15.3. The van der Waals surface area contributed by atoms with Gasteiger partial charge >= 0.3 is 11.8 Å². The molecule has 0 radical (unpaired) electrons. The van der Waals surface area contributed by atoms with Gasteiger partial charge in [0.1, 0.15) is 5.76 Å². The summed E-state index contributed by atoms with van der Waals surface area (Å²) in [5, 5.41) is 9.13. The maximum absolute atomic E-state index is 12.7. The molecule has 0 saturated carbocycles. The van der Waals surface area contributed by atoms with Gasteiger partial charge in [0.2, 0.25) is 0 Å². The van der Waals surface area contributed by atoms with Gasteiger partial charge in [-0.1, -0.05) is 0 Å². The summed E-state index contributed by atoms with van der Waals surface area (Å²) >= 11 is 1.86. The maximum Gasteiger partial charge on any atom is 0.416 e. The van der Waals surface area contributed by atoms with Crippen LogP contribution in [0.4, 0.5) is 13.2 Å². The molecule has 0 unspecified atom stereocenters. The Morgan fingerprint density at radius 3 is 2.55 bits per heavy atom. The molecule has 0 aliphatic carbocycles. The highest BCUT2D eigenvalue weighted by molar-refractivity contribution is 14.1. The normalized spacial score (nSPS) is 12.1. The van der Waals surface area contributed by atoms with Crippen molar-refractivity contribution >= 4 is 33.4 Å². The van der Waals surface area contributed by atoms with Gasteiger partial charge in [0.05, 0.1) is 14.5 Å². The molecule has 1 heterocycles. The molecule has 0 saturated heterocycles. The van der Waals surface area contributed by atoms with Crippen molar-refractivity contribution in [3.63, 3.8) is 0 Å².